The predicted molar refractivity (Wildman–Crippen MR) is 71.6 cm³/mol. The number of carbonyl (C=O) groups excluding carboxylic acids is 4. The Labute approximate surface area is 132 Å². The summed E-state index contributed by atoms with van der Waals surface area (Å²) in [6.45, 7) is 3.07. The van der Waals surface area contributed by atoms with Crippen molar-refractivity contribution in [3.63, 3.8) is 0 Å². The van der Waals surface area contributed by atoms with Crippen LogP contribution in [0.15, 0.2) is 0 Å². The predicted octanol–water partition coefficient (Wildman–Crippen LogP) is -1.76. The number of nitrogens with one attached hydrogen (secondary N) is 1. The fourth-order valence-electron chi connectivity index (χ4n) is 2.18. The Morgan fingerprint density at radius 3 is 2.13 bits per heavy atom. The zero-order valence-corrected chi connectivity index (χ0v) is 12.9. The van der Waals surface area contributed by atoms with E-state index in [1.165, 1.54) is 6.92 Å². The largest absolute Gasteiger partial charge is 0.463 e. The van der Waals surface area contributed by atoms with Gasteiger partial charge in [-0.3, -0.25) is 19.2 Å². The van der Waals surface area contributed by atoms with Crippen molar-refractivity contribution in [2.45, 2.75) is 51.4 Å². The number of aliphatic hydroxyl groups excluding tert-OH is 1. The molecule has 0 aromatic rings. The Morgan fingerprint density at radius 2 is 1.65 bits per heavy atom. The van der Waals surface area contributed by atoms with Gasteiger partial charge in [-0.1, -0.05) is 0 Å². The zero-order chi connectivity index (χ0) is 17.6. The van der Waals surface area contributed by atoms with Gasteiger partial charge < -0.3 is 29.4 Å². The molecule has 10 nitrogen and oxygen atoms in total. The maximum atomic E-state index is 11.3. The molecule has 0 radical (unpaired) electrons. The van der Waals surface area contributed by atoms with Crippen LogP contribution in [0.4, 0.5) is 0 Å². The molecule has 0 unspecified atom stereocenters. The molecule has 23 heavy (non-hydrogen) atoms. The van der Waals surface area contributed by atoms with Gasteiger partial charge in [0.1, 0.15) is 18.8 Å². The van der Waals surface area contributed by atoms with E-state index in [0.29, 0.717) is 0 Å². The van der Waals surface area contributed by atoms with E-state index in [9.17, 15) is 24.3 Å². The van der Waals surface area contributed by atoms with Crippen LogP contribution in [0.1, 0.15) is 20.8 Å². The van der Waals surface area contributed by atoms with Crippen LogP contribution >= 0.6 is 0 Å². The highest BCUT2D eigenvalue weighted by molar-refractivity contribution is 5.68. The summed E-state index contributed by atoms with van der Waals surface area (Å²) in [6, 6.07) is -1.16. The molecule has 1 aliphatic rings. The number of aliphatic hydroxyl groups is 1. The topological polar surface area (TPSA) is 137 Å². The lowest BCUT2D eigenvalue weighted by Gasteiger charge is -2.43. The van der Waals surface area contributed by atoms with Gasteiger partial charge in [0.15, 0.2) is 18.5 Å². The minimum Gasteiger partial charge on any atom is -0.463 e. The highest BCUT2D eigenvalue weighted by atomic mass is 16.7. The second-order valence-corrected chi connectivity index (χ2v) is 4.83. The lowest BCUT2D eigenvalue weighted by Crippen LogP contribution is -2.65. The fraction of sp³-hybridized carbons (Fsp3) is 0.692. The molecule has 1 fully saturated rings. The minimum atomic E-state index is -1.56. The summed E-state index contributed by atoms with van der Waals surface area (Å²) in [7, 11) is 0. The SMILES string of the molecule is CC(=O)OC[C@H]1O[C@@H](O)[C@H](NC=O)[C@@H](OC(C)=O)[C@@H]1OC(C)=O. The second kappa shape index (κ2) is 8.44. The number of hydrogen-bond acceptors (Lipinski definition) is 9. The lowest BCUT2D eigenvalue weighted by atomic mass is 9.96. The molecule has 0 spiro atoms. The quantitative estimate of drug-likeness (QED) is 0.329. The second-order valence-electron chi connectivity index (χ2n) is 4.83. The summed E-state index contributed by atoms with van der Waals surface area (Å²) in [4.78, 5) is 44.2. The third kappa shape index (κ3) is 5.49. The zero-order valence-electron chi connectivity index (χ0n) is 12.9. The van der Waals surface area contributed by atoms with Crippen LogP contribution in [0, 0.1) is 0 Å². The Hall–Kier alpha value is -2.20. The van der Waals surface area contributed by atoms with Crippen molar-refractivity contribution in [3.8, 4) is 0 Å². The minimum absolute atomic E-state index is 0.283. The van der Waals surface area contributed by atoms with Gasteiger partial charge in [0.25, 0.3) is 0 Å². The standard InChI is InChI=1S/C13H19NO9/c1-6(16)20-4-9-11(21-7(2)17)12(22-8(3)18)10(14-5-15)13(19)23-9/h5,9-13,19H,4H2,1-3H3,(H,14,15)/t9-,10-,11-,12-,13-/m1/s1. The first-order valence-electron chi connectivity index (χ1n) is 6.77. The monoisotopic (exact) mass is 333 g/mol. The van der Waals surface area contributed by atoms with Gasteiger partial charge in [-0.05, 0) is 0 Å². The third-order valence-electron chi connectivity index (χ3n) is 2.98. The van der Waals surface area contributed by atoms with Crippen molar-refractivity contribution in [2.24, 2.45) is 0 Å². The molecule has 0 aromatic heterocycles. The van der Waals surface area contributed by atoms with Gasteiger partial charge in [0.2, 0.25) is 6.41 Å². The van der Waals surface area contributed by atoms with Crippen LogP contribution in [0.3, 0.4) is 0 Å². The molecule has 0 saturated carbocycles. The molecule has 1 saturated heterocycles. The van der Waals surface area contributed by atoms with Crippen molar-refractivity contribution >= 4 is 24.3 Å². The maximum absolute atomic E-state index is 11.3. The maximum Gasteiger partial charge on any atom is 0.303 e. The Bertz CT molecular complexity index is 466. The number of rotatable bonds is 6. The summed E-state index contributed by atoms with van der Waals surface area (Å²) in [5.74, 6) is -2.03. The Balaban J connectivity index is 3.06. The van der Waals surface area contributed by atoms with Crippen molar-refractivity contribution < 1.29 is 43.2 Å². The highest BCUT2D eigenvalue weighted by Gasteiger charge is 2.49. The molecular formula is C13H19NO9. The summed E-state index contributed by atoms with van der Waals surface area (Å²) < 4.78 is 20.1. The van der Waals surface area contributed by atoms with Crippen molar-refractivity contribution in [1.82, 2.24) is 5.32 Å². The molecule has 1 amide bonds. The Morgan fingerprint density at radius 1 is 1.09 bits per heavy atom. The molecule has 1 rings (SSSR count). The van der Waals surface area contributed by atoms with E-state index in [0.717, 1.165) is 13.8 Å². The van der Waals surface area contributed by atoms with E-state index in [1.54, 1.807) is 0 Å². The van der Waals surface area contributed by atoms with Crippen LogP contribution < -0.4 is 5.32 Å². The summed E-state index contributed by atoms with van der Waals surface area (Å²) in [5.41, 5.74) is 0. The molecule has 130 valence electrons. The van der Waals surface area contributed by atoms with Gasteiger partial charge in [-0.15, -0.1) is 0 Å². The van der Waals surface area contributed by atoms with Gasteiger partial charge in [0.05, 0.1) is 0 Å². The van der Waals surface area contributed by atoms with E-state index in [4.69, 9.17) is 18.9 Å². The smallest absolute Gasteiger partial charge is 0.303 e. The summed E-state index contributed by atoms with van der Waals surface area (Å²) in [5, 5.41) is 12.2. The number of ether oxygens (including phenoxy) is 4. The first-order chi connectivity index (χ1) is 10.8. The molecule has 0 aliphatic carbocycles. The highest BCUT2D eigenvalue weighted by Crippen LogP contribution is 2.25. The fourth-order valence-corrected chi connectivity index (χ4v) is 2.18. The van der Waals surface area contributed by atoms with Gasteiger partial charge in [0, 0.05) is 20.8 Å². The van der Waals surface area contributed by atoms with E-state index in [2.05, 4.69) is 5.32 Å². The van der Waals surface area contributed by atoms with Crippen molar-refractivity contribution in [1.29, 1.82) is 0 Å². The molecule has 10 heteroatoms. The van der Waals surface area contributed by atoms with E-state index >= 15 is 0 Å². The van der Waals surface area contributed by atoms with Crippen molar-refractivity contribution in [2.75, 3.05) is 6.61 Å². The summed E-state index contributed by atoms with van der Waals surface area (Å²) in [6.07, 6.45) is -4.75. The lowest BCUT2D eigenvalue weighted by molar-refractivity contribution is -0.264. The first kappa shape index (κ1) is 18.8. The molecule has 2 N–H and O–H groups in total. The summed E-state index contributed by atoms with van der Waals surface area (Å²) >= 11 is 0. The molecular weight excluding hydrogens is 314 g/mol. The molecule has 1 heterocycles. The first-order valence-corrected chi connectivity index (χ1v) is 6.77. The molecule has 0 bridgehead atoms. The third-order valence-corrected chi connectivity index (χ3v) is 2.98. The average molecular weight is 333 g/mol. The van der Waals surface area contributed by atoms with E-state index in [1.807, 2.05) is 0 Å². The van der Waals surface area contributed by atoms with Crippen LogP contribution in [0.5, 0.6) is 0 Å². The molecule has 1 aliphatic heterocycles. The number of esters is 3. The molecule has 0 aromatic carbocycles. The van der Waals surface area contributed by atoms with E-state index in [-0.39, 0.29) is 13.0 Å². The van der Waals surface area contributed by atoms with Gasteiger partial charge in [-0.25, -0.2) is 0 Å². The average Bonchev–Trinajstić information content (AvgIpc) is 2.42. The van der Waals surface area contributed by atoms with Crippen LogP contribution in [0.25, 0.3) is 0 Å². The number of hydrogen-bond donors (Lipinski definition) is 2. The van der Waals surface area contributed by atoms with Gasteiger partial charge >= 0.3 is 17.9 Å². The van der Waals surface area contributed by atoms with Crippen LogP contribution in [-0.2, 0) is 38.1 Å². The van der Waals surface area contributed by atoms with E-state index < -0.39 is 48.6 Å². The Kier molecular flexibility index (Phi) is 6.91. The number of amides is 1. The van der Waals surface area contributed by atoms with Crippen molar-refractivity contribution in [3.05, 3.63) is 0 Å². The normalized spacial score (nSPS) is 30.0. The number of carbonyl (C=O) groups is 4. The van der Waals surface area contributed by atoms with Gasteiger partial charge in [-0.2, -0.15) is 0 Å². The molecule has 5 atom stereocenters. The van der Waals surface area contributed by atoms with Crippen LogP contribution in [0.2, 0.25) is 0 Å². The van der Waals surface area contributed by atoms with Crippen LogP contribution in [-0.4, -0.2) is 66.7 Å².